The van der Waals surface area contributed by atoms with Crippen LogP contribution in [0, 0.1) is 0 Å². The summed E-state index contributed by atoms with van der Waals surface area (Å²) in [5, 5.41) is 0. The van der Waals surface area contributed by atoms with Crippen LogP contribution in [-0.2, 0) is 32.6 Å². The minimum Gasteiger partial charge on any atom is -0.0716 e. The van der Waals surface area contributed by atoms with E-state index in [9.17, 15) is 0 Å². The van der Waals surface area contributed by atoms with Crippen LogP contribution < -0.4 is 0 Å². The van der Waals surface area contributed by atoms with Crippen LogP contribution >= 0.6 is 0 Å². The second-order valence-electron chi connectivity index (χ2n) is 3.85. The van der Waals surface area contributed by atoms with Crippen LogP contribution in [-0.4, -0.2) is 0 Å². The Morgan fingerprint density at radius 3 is 2.25 bits per heavy atom. The standard InChI is InChI=1S/C15H12.Zr/c1-2-6-12(7-3-1)15-11-10-13-8-4-5-9-14(13)15;/h1-9,11H,10H2;. The summed E-state index contributed by atoms with van der Waals surface area (Å²) in [5.41, 5.74) is 5.54. The number of rotatable bonds is 1. The van der Waals surface area contributed by atoms with Gasteiger partial charge >= 0.3 is 0 Å². The Morgan fingerprint density at radius 2 is 1.44 bits per heavy atom. The molecule has 3 rings (SSSR count). The van der Waals surface area contributed by atoms with Gasteiger partial charge in [0.15, 0.2) is 0 Å². The van der Waals surface area contributed by atoms with Gasteiger partial charge in [-0.25, -0.2) is 0 Å². The van der Waals surface area contributed by atoms with Gasteiger partial charge in [0.05, 0.1) is 0 Å². The van der Waals surface area contributed by atoms with Crippen LogP contribution in [0.5, 0.6) is 0 Å². The van der Waals surface area contributed by atoms with Crippen molar-refractivity contribution >= 4 is 5.57 Å². The van der Waals surface area contributed by atoms with Crippen LogP contribution in [0.4, 0.5) is 0 Å². The average molecular weight is 283 g/mol. The first-order valence-electron chi connectivity index (χ1n) is 5.29. The van der Waals surface area contributed by atoms with Gasteiger partial charge in [-0.15, -0.1) is 0 Å². The first-order valence-corrected chi connectivity index (χ1v) is 5.29. The fraction of sp³-hybridized carbons (Fsp3) is 0.0667. The molecule has 0 bridgehead atoms. The Labute approximate surface area is 115 Å². The van der Waals surface area contributed by atoms with Crippen molar-refractivity contribution in [2.45, 2.75) is 6.42 Å². The van der Waals surface area contributed by atoms with Gasteiger partial charge in [0.2, 0.25) is 0 Å². The summed E-state index contributed by atoms with van der Waals surface area (Å²) in [6.45, 7) is 0. The number of benzene rings is 2. The molecule has 0 atom stereocenters. The van der Waals surface area contributed by atoms with E-state index in [0.29, 0.717) is 0 Å². The zero-order valence-corrected chi connectivity index (χ0v) is 11.4. The van der Waals surface area contributed by atoms with E-state index < -0.39 is 0 Å². The molecule has 0 heterocycles. The molecular formula is C15H12Zr. The van der Waals surface area contributed by atoms with Gasteiger partial charge in [0.25, 0.3) is 0 Å². The SMILES string of the molecule is C1=C(c2ccccc2)c2ccccc2C1.[Zr]. The van der Waals surface area contributed by atoms with Crippen molar-refractivity contribution in [2.75, 3.05) is 0 Å². The van der Waals surface area contributed by atoms with E-state index >= 15 is 0 Å². The molecule has 2 aromatic rings. The molecule has 0 radical (unpaired) electrons. The normalized spacial score (nSPS) is 12.6. The van der Waals surface area contributed by atoms with E-state index in [1.807, 2.05) is 0 Å². The smallest absolute Gasteiger partial charge is 0 e. The second-order valence-corrected chi connectivity index (χ2v) is 3.85. The van der Waals surface area contributed by atoms with Crippen LogP contribution in [0.3, 0.4) is 0 Å². The summed E-state index contributed by atoms with van der Waals surface area (Å²) >= 11 is 0. The minimum absolute atomic E-state index is 0. The van der Waals surface area contributed by atoms with Gasteiger partial charge in [0, 0.05) is 26.2 Å². The first-order chi connectivity index (χ1) is 7.45. The van der Waals surface area contributed by atoms with Crippen molar-refractivity contribution < 1.29 is 26.2 Å². The fourth-order valence-corrected chi connectivity index (χ4v) is 2.17. The molecule has 0 N–H and O–H groups in total. The van der Waals surface area contributed by atoms with E-state index in [1.165, 1.54) is 22.3 Å². The van der Waals surface area contributed by atoms with Crippen molar-refractivity contribution in [3.05, 3.63) is 77.4 Å². The largest absolute Gasteiger partial charge is 0.0716 e. The topological polar surface area (TPSA) is 0 Å². The number of hydrogen-bond acceptors (Lipinski definition) is 0. The van der Waals surface area contributed by atoms with E-state index in [2.05, 4.69) is 60.7 Å². The maximum absolute atomic E-state index is 2.32. The summed E-state index contributed by atoms with van der Waals surface area (Å²) in [6.07, 6.45) is 3.39. The third kappa shape index (κ3) is 1.97. The van der Waals surface area contributed by atoms with Gasteiger partial charge in [-0.1, -0.05) is 60.7 Å². The molecule has 0 saturated carbocycles. The summed E-state index contributed by atoms with van der Waals surface area (Å²) in [4.78, 5) is 0. The molecule has 2 aromatic carbocycles. The Kier molecular flexibility index (Phi) is 3.56. The molecule has 0 nitrogen and oxygen atoms in total. The van der Waals surface area contributed by atoms with E-state index in [-0.39, 0.29) is 26.2 Å². The predicted octanol–water partition coefficient (Wildman–Crippen LogP) is 3.67. The minimum atomic E-state index is 0. The zero-order valence-electron chi connectivity index (χ0n) is 8.98. The van der Waals surface area contributed by atoms with E-state index in [0.717, 1.165) is 6.42 Å². The molecule has 0 spiro atoms. The summed E-state index contributed by atoms with van der Waals surface area (Å²) < 4.78 is 0. The molecule has 76 valence electrons. The second kappa shape index (κ2) is 4.93. The molecule has 1 heteroatoms. The van der Waals surface area contributed by atoms with Crippen LogP contribution in [0.25, 0.3) is 5.57 Å². The Morgan fingerprint density at radius 1 is 0.750 bits per heavy atom. The summed E-state index contributed by atoms with van der Waals surface area (Å²) in [7, 11) is 0. The Balaban J connectivity index is 0.000000963. The first kappa shape index (κ1) is 11.5. The molecule has 16 heavy (non-hydrogen) atoms. The Bertz CT molecular complexity index is 512. The van der Waals surface area contributed by atoms with Gasteiger partial charge in [0.1, 0.15) is 0 Å². The molecule has 0 fully saturated rings. The number of fused-ring (bicyclic) bond motifs is 1. The van der Waals surface area contributed by atoms with Crippen molar-refractivity contribution in [3.8, 4) is 0 Å². The molecular weight excluding hydrogens is 271 g/mol. The van der Waals surface area contributed by atoms with Gasteiger partial charge in [-0.2, -0.15) is 0 Å². The maximum Gasteiger partial charge on any atom is 0 e. The van der Waals surface area contributed by atoms with Crippen LogP contribution in [0.15, 0.2) is 60.7 Å². The fourth-order valence-electron chi connectivity index (χ4n) is 2.17. The number of allylic oxidation sites excluding steroid dienone is 1. The number of hydrogen-bond donors (Lipinski definition) is 0. The van der Waals surface area contributed by atoms with Crippen molar-refractivity contribution in [2.24, 2.45) is 0 Å². The summed E-state index contributed by atoms with van der Waals surface area (Å²) in [6, 6.07) is 19.2. The van der Waals surface area contributed by atoms with Crippen LogP contribution in [0.2, 0.25) is 0 Å². The van der Waals surface area contributed by atoms with Crippen molar-refractivity contribution in [1.29, 1.82) is 0 Å². The van der Waals surface area contributed by atoms with Gasteiger partial charge < -0.3 is 0 Å². The van der Waals surface area contributed by atoms with Gasteiger partial charge in [-0.05, 0) is 28.7 Å². The quantitative estimate of drug-likeness (QED) is 0.749. The monoisotopic (exact) mass is 282 g/mol. The molecule has 0 unspecified atom stereocenters. The van der Waals surface area contributed by atoms with E-state index in [4.69, 9.17) is 0 Å². The van der Waals surface area contributed by atoms with Crippen LogP contribution in [0.1, 0.15) is 16.7 Å². The Hall–Kier alpha value is -0.937. The maximum atomic E-state index is 2.32. The molecule has 0 aliphatic heterocycles. The molecule has 1 aliphatic rings. The predicted molar refractivity (Wildman–Crippen MR) is 63.7 cm³/mol. The third-order valence-electron chi connectivity index (χ3n) is 2.92. The van der Waals surface area contributed by atoms with E-state index in [1.54, 1.807) is 0 Å². The summed E-state index contributed by atoms with van der Waals surface area (Å²) in [5.74, 6) is 0. The van der Waals surface area contributed by atoms with Crippen molar-refractivity contribution in [3.63, 3.8) is 0 Å². The molecule has 0 aromatic heterocycles. The van der Waals surface area contributed by atoms with Crippen molar-refractivity contribution in [1.82, 2.24) is 0 Å². The zero-order chi connectivity index (χ0) is 10.1. The van der Waals surface area contributed by atoms with Gasteiger partial charge in [-0.3, -0.25) is 0 Å². The molecule has 0 amide bonds. The third-order valence-corrected chi connectivity index (χ3v) is 2.92. The molecule has 0 saturated heterocycles. The average Bonchev–Trinajstić information content (AvgIpc) is 2.74. The molecule has 1 aliphatic carbocycles.